The first-order valence-corrected chi connectivity index (χ1v) is 3.73. The lowest BCUT2D eigenvalue weighted by molar-refractivity contribution is 1.47. The fraction of sp³-hybridized carbons (Fsp3) is 0.250. The second-order valence-corrected chi connectivity index (χ2v) is 3.58. The minimum atomic E-state index is 1.15. The van der Waals surface area contributed by atoms with Gasteiger partial charge in [-0.2, -0.15) is 0 Å². The zero-order chi connectivity index (χ0) is 6.85. The largest absolute Gasteiger partial charge is 0.0955 e. The number of thioether (sulfide) groups is 1. The molecule has 0 bridgehead atoms. The first-order valence-electron chi connectivity index (χ1n) is 2.92. The Balaban J connectivity index is 2.86. The van der Waals surface area contributed by atoms with Crippen LogP contribution in [0.4, 0.5) is 0 Å². The second kappa shape index (κ2) is 2.44. The van der Waals surface area contributed by atoms with Crippen molar-refractivity contribution >= 4 is 11.8 Å². The molecule has 0 unspecified atom stereocenters. The normalized spacial score (nSPS) is 19.1. The van der Waals surface area contributed by atoms with Gasteiger partial charge in [0, 0.05) is 4.91 Å². The van der Waals surface area contributed by atoms with Gasteiger partial charge in [-0.05, 0) is 36.5 Å². The van der Waals surface area contributed by atoms with Crippen LogP contribution < -0.4 is 0 Å². The van der Waals surface area contributed by atoms with E-state index in [0.29, 0.717) is 0 Å². The second-order valence-electron chi connectivity index (χ2n) is 2.21. The Morgan fingerprint density at radius 2 is 2.00 bits per heavy atom. The molecule has 0 saturated carbocycles. The molecule has 0 aliphatic carbocycles. The molecule has 0 spiro atoms. The van der Waals surface area contributed by atoms with Gasteiger partial charge >= 0.3 is 0 Å². The van der Waals surface area contributed by atoms with Crippen LogP contribution in [-0.4, -0.2) is 0 Å². The summed E-state index contributed by atoms with van der Waals surface area (Å²) in [6.07, 6.45) is 4.26. The summed E-state index contributed by atoms with van der Waals surface area (Å²) < 4.78 is 0. The maximum absolute atomic E-state index is 3.86. The lowest BCUT2D eigenvalue weighted by atomic mass is 10.2. The summed E-state index contributed by atoms with van der Waals surface area (Å²) in [7, 11) is 0. The summed E-state index contributed by atoms with van der Waals surface area (Å²) >= 11 is 1.74. The van der Waals surface area contributed by atoms with Crippen molar-refractivity contribution in [2.45, 2.75) is 13.8 Å². The van der Waals surface area contributed by atoms with Gasteiger partial charge in [-0.25, -0.2) is 0 Å². The van der Waals surface area contributed by atoms with Gasteiger partial charge in [-0.1, -0.05) is 18.3 Å². The molecule has 1 rings (SSSR count). The Hall–Kier alpha value is -0.430. The summed E-state index contributed by atoms with van der Waals surface area (Å²) in [6.45, 7) is 8.06. The van der Waals surface area contributed by atoms with Gasteiger partial charge in [0.05, 0.1) is 0 Å². The monoisotopic (exact) mass is 138 g/mol. The lowest BCUT2D eigenvalue weighted by Crippen LogP contribution is -1.80. The fourth-order valence-corrected chi connectivity index (χ4v) is 1.79. The van der Waals surface area contributed by atoms with E-state index in [2.05, 4.69) is 32.6 Å². The van der Waals surface area contributed by atoms with Crippen LogP contribution >= 0.6 is 11.8 Å². The van der Waals surface area contributed by atoms with Crippen molar-refractivity contribution in [3.63, 3.8) is 0 Å². The molecule has 1 aliphatic heterocycles. The quantitative estimate of drug-likeness (QED) is 0.495. The van der Waals surface area contributed by atoms with E-state index in [0.717, 1.165) is 4.91 Å². The molecule has 0 aromatic rings. The lowest BCUT2D eigenvalue weighted by Gasteiger charge is -2.07. The third-order valence-electron chi connectivity index (χ3n) is 1.11. The average Bonchev–Trinajstić information content (AvgIpc) is 1.59. The molecule has 1 heteroatoms. The summed E-state index contributed by atoms with van der Waals surface area (Å²) in [5.74, 6) is 0. The Bertz CT molecular complexity index is 197. The Labute approximate surface area is 60.3 Å². The van der Waals surface area contributed by atoms with Crippen molar-refractivity contribution < 1.29 is 0 Å². The summed E-state index contributed by atoms with van der Waals surface area (Å²) in [6, 6.07) is 0. The molecule has 0 radical (unpaired) electrons. The highest BCUT2D eigenvalue weighted by Crippen LogP contribution is 2.30. The highest BCUT2D eigenvalue weighted by molar-refractivity contribution is 8.06. The average molecular weight is 138 g/mol. The molecule has 0 aromatic heterocycles. The molecule has 0 aromatic carbocycles. The number of hydrogen-bond donors (Lipinski definition) is 0. The highest BCUT2D eigenvalue weighted by atomic mass is 32.2. The van der Waals surface area contributed by atoms with Crippen molar-refractivity contribution in [1.82, 2.24) is 0 Å². The van der Waals surface area contributed by atoms with Crippen LogP contribution in [0.5, 0.6) is 0 Å². The predicted octanol–water partition coefficient (Wildman–Crippen LogP) is 3.10. The Morgan fingerprint density at radius 3 is 2.44 bits per heavy atom. The van der Waals surface area contributed by atoms with Gasteiger partial charge < -0.3 is 0 Å². The van der Waals surface area contributed by atoms with Gasteiger partial charge in [0.2, 0.25) is 0 Å². The highest BCUT2D eigenvalue weighted by Gasteiger charge is 1.99. The topological polar surface area (TPSA) is 0 Å². The summed E-state index contributed by atoms with van der Waals surface area (Å²) in [4.78, 5) is 2.48. The van der Waals surface area contributed by atoms with E-state index in [-0.39, 0.29) is 0 Å². The summed E-state index contributed by atoms with van der Waals surface area (Å²) in [5.41, 5.74) is 1.30. The molecule has 0 fully saturated rings. The van der Waals surface area contributed by atoms with Crippen LogP contribution in [0, 0.1) is 0 Å². The van der Waals surface area contributed by atoms with Crippen molar-refractivity contribution in [3.8, 4) is 0 Å². The zero-order valence-corrected chi connectivity index (χ0v) is 6.59. The first-order chi connectivity index (χ1) is 4.18. The van der Waals surface area contributed by atoms with Gasteiger partial charge in [-0.3, -0.25) is 0 Å². The molecule has 0 nitrogen and oxygen atoms in total. The molecule has 0 N–H and O–H groups in total. The van der Waals surface area contributed by atoms with Gasteiger partial charge in [0.25, 0.3) is 0 Å². The molecule has 0 saturated heterocycles. The van der Waals surface area contributed by atoms with Crippen LogP contribution in [0.2, 0.25) is 0 Å². The van der Waals surface area contributed by atoms with Crippen LogP contribution in [0.3, 0.4) is 0 Å². The molecule has 0 atom stereocenters. The maximum Gasteiger partial charge on any atom is 0.00492 e. The molecule has 1 aliphatic rings. The molecular formula is C8H10S. The van der Waals surface area contributed by atoms with E-state index in [9.17, 15) is 0 Å². The molecule has 48 valence electrons. The summed E-state index contributed by atoms with van der Waals surface area (Å²) in [5, 5.41) is 0. The van der Waals surface area contributed by atoms with Crippen molar-refractivity contribution in [1.29, 1.82) is 0 Å². The molecule has 1 heterocycles. The predicted molar refractivity (Wildman–Crippen MR) is 44.2 cm³/mol. The Morgan fingerprint density at radius 1 is 1.33 bits per heavy atom. The van der Waals surface area contributed by atoms with Crippen LogP contribution in [0.1, 0.15) is 13.8 Å². The van der Waals surface area contributed by atoms with Crippen molar-refractivity contribution in [2.75, 3.05) is 0 Å². The third kappa shape index (κ3) is 1.75. The van der Waals surface area contributed by atoms with E-state index in [1.54, 1.807) is 11.8 Å². The minimum absolute atomic E-state index is 1.15. The van der Waals surface area contributed by atoms with E-state index in [4.69, 9.17) is 0 Å². The van der Waals surface area contributed by atoms with Crippen LogP contribution in [-0.2, 0) is 0 Å². The van der Waals surface area contributed by atoms with Crippen molar-refractivity contribution in [3.05, 3.63) is 34.1 Å². The number of hydrogen-bond acceptors (Lipinski definition) is 1. The van der Waals surface area contributed by atoms with E-state index in [1.165, 1.54) is 10.5 Å². The maximum atomic E-state index is 3.86. The first kappa shape index (κ1) is 6.69. The van der Waals surface area contributed by atoms with Gasteiger partial charge in [0.15, 0.2) is 0 Å². The van der Waals surface area contributed by atoms with Gasteiger partial charge in [-0.15, -0.1) is 0 Å². The minimum Gasteiger partial charge on any atom is -0.0955 e. The van der Waals surface area contributed by atoms with Crippen molar-refractivity contribution in [2.24, 2.45) is 0 Å². The molecule has 9 heavy (non-hydrogen) atoms. The van der Waals surface area contributed by atoms with Crippen LogP contribution in [0.15, 0.2) is 34.1 Å². The third-order valence-corrected chi connectivity index (χ3v) is 1.93. The standard InChI is InChI=1S/C8H10S/c1-6-4-7(2)9-8(3)5-6/h4-5H,2H2,1,3H3. The zero-order valence-electron chi connectivity index (χ0n) is 5.77. The number of allylic oxidation sites excluding steroid dienone is 4. The SMILES string of the molecule is C=C1C=C(C)C=C(C)S1. The van der Waals surface area contributed by atoms with E-state index < -0.39 is 0 Å². The number of rotatable bonds is 0. The van der Waals surface area contributed by atoms with Crippen LogP contribution in [0.25, 0.3) is 0 Å². The molecular weight excluding hydrogens is 128 g/mol. The molecule has 0 amide bonds. The fourth-order valence-electron chi connectivity index (χ4n) is 0.882. The van der Waals surface area contributed by atoms with E-state index >= 15 is 0 Å². The van der Waals surface area contributed by atoms with Gasteiger partial charge in [0.1, 0.15) is 0 Å². The smallest absolute Gasteiger partial charge is 0.00492 e. The van der Waals surface area contributed by atoms with E-state index in [1.807, 2.05) is 0 Å². The Kier molecular flexibility index (Phi) is 1.81.